The predicted molar refractivity (Wildman–Crippen MR) is 59.4 cm³/mol. The second kappa shape index (κ2) is 4.38. The van der Waals surface area contributed by atoms with Crippen LogP contribution >= 0.6 is 22.6 Å². The fraction of sp³-hybridized carbons (Fsp3) is 0. The summed E-state index contributed by atoms with van der Waals surface area (Å²) >= 11 is 1.50. The van der Waals surface area contributed by atoms with E-state index in [2.05, 4.69) is 0 Å². The van der Waals surface area contributed by atoms with Crippen LogP contribution in [0.25, 0.3) is 0 Å². The molecule has 0 radical (unpaired) electrons. The van der Waals surface area contributed by atoms with Crippen LogP contribution in [0.15, 0.2) is 12.1 Å². The minimum absolute atomic E-state index is 0.0500. The van der Waals surface area contributed by atoms with Crippen LogP contribution in [0.4, 0.5) is 11.4 Å². The number of non-ortho nitro benzene ring substituents is 1. The molecule has 0 unspecified atom stereocenters. The molecule has 0 aromatic heterocycles. The number of hydrogen-bond donors (Lipinski definition) is 1. The van der Waals surface area contributed by atoms with Crippen molar-refractivity contribution in [1.29, 1.82) is 0 Å². The standard InChI is InChI=1S/C7H3IN2O6/c8-4-1-3(9(13)14)2-5(10(15)16)6(4)7(11)12/h1-2H,(H,11,12). The molecule has 0 aliphatic rings. The van der Waals surface area contributed by atoms with Gasteiger partial charge in [-0.15, -0.1) is 0 Å². The van der Waals surface area contributed by atoms with E-state index < -0.39 is 32.8 Å². The van der Waals surface area contributed by atoms with Gasteiger partial charge in [0.25, 0.3) is 11.4 Å². The molecule has 0 amide bonds. The van der Waals surface area contributed by atoms with Gasteiger partial charge in [-0.25, -0.2) is 4.79 Å². The highest BCUT2D eigenvalue weighted by Crippen LogP contribution is 2.29. The number of carbonyl (C=O) groups is 1. The molecule has 1 aromatic carbocycles. The average molecular weight is 338 g/mol. The van der Waals surface area contributed by atoms with Gasteiger partial charge in [-0.05, 0) is 22.6 Å². The number of carboxylic acids is 1. The summed E-state index contributed by atoms with van der Waals surface area (Å²) in [6.45, 7) is 0. The Morgan fingerprint density at radius 3 is 2.19 bits per heavy atom. The largest absolute Gasteiger partial charge is 0.477 e. The number of nitro benzene ring substituents is 2. The van der Waals surface area contributed by atoms with Gasteiger partial charge in [0.05, 0.1) is 15.9 Å². The molecular formula is C7H3IN2O6. The Kier molecular flexibility index (Phi) is 3.37. The smallest absolute Gasteiger partial charge is 0.343 e. The third kappa shape index (κ3) is 2.24. The summed E-state index contributed by atoms with van der Waals surface area (Å²) in [4.78, 5) is 30.0. The lowest BCUT2D eigenvalue weighted by Gasteiger charge is -2.00. The number of hydrogen-bond acceptors (Lipinski definition) is 5. The summed E-state index contributed by atoms with van der Waals surface area (Å²) < 4.78 is -0.0500. The Morgan fingerprint density at radius 1 is 1.25 bits per heavy atom. The lowest BCUT2D eigenvalue weighted by molar-refractivity contribution is -0.394. The third-order valence-electron chi connectivity index (χ3n) is 1.68. The maximum Gasteiger partial charge on any atom is 0.343 e. The molecule has 1 aromatic rings. The Balaban J connectivity index is 3.58. The third-order valence-corrected chi connectivity index (χ3v) is 2.53. The number of halogens is 1. The fourth-order valence-electron chi connectivity index (χ4n) is 1.04. The van der Waals surface area contributed by atoms with Crippen molar-refractivity contribution < 1.29 is 19.7 Å². The highest BCUT2D eigenvalue weighted by molar-refractivity contribution is 14.1. The van der Waals surface area contributed by atoms with Gasteiger partial charge in [0.15, 0.2) is 5.56 Å². The number of carboxylic acid groups (broad SMARTS) is 1. The lowest BCUT2D eigenvalue weighted by atomic mass is 10.1. The molecule has 8 nitrogen and oxygen atoms in total. The molecule has 0 aliphatic heterocycles. The molecule has 0 atom stereocenters. The second-order valence-corrected chi connectivity index (χ2v) is 3.80. The van der Waals surface area contributed by atoms with Crippen LogP contribution in [0, 0.1) is 23.8 Å². The van der Waals surface area contributed by atoms with Gasteiger partial charge in [-0.1, -0.05) is 0 Å². The first-order chi connectivity index (χ1) is 7.34. The molecule has 16 heavy (non-hydrogen) atoms. The van der Waals surface area contributed by atoms with Gasteiger partial charge in [0.2, 0.25) is 0 Å². The maximum atomic E-state index is 10.7. The van der Waals surface area contributed by atoms with E-state index in [1.54, 1.807) is 0 Å². The monoisotopic (exact) mass is 338 g/mol. The van der Waals surface area contributed by atoms with Gasteiger partial charge in [-0.3, -0.25) is 20.2 Å². The SMILES string of the molecule is O=C(O)c1c(I)cc([N+](=O)[O-])cc1[N+](=O)[O-]. The fourth-order valence-corrected chi connectivity index (χ4v) is 1.87. The van der Waals surface area contributed by atoms with Crippen molar-refractivity contribution in [3.8, 4) is 0 Å². The normalized spacial score (nSPS) is 9.81. The van der Waals surface area contributed by atoms with E-state index in [1.165, 1.54) is 22.6 Å². The highest BCUT2D eigenvalue weighted by atomic mass is 127. The average Bonchev–Trinajstić information content (AvgIpc) is 2.15. The van der Waals surface area contributed by atoms with Crippen LogP contribution in [0.3, 0.4) is 0 Å². The quantitative estimate of drug-likeness (QED) is 0.509. The number of rotatable bonds is 3. The van der Waals surface area contributed by atoms with Crippen molar-refractivity contribution in [2.75, 3.05) is 0 Å². The van der Waals surface area contributed by atoms with E-state index in [9.17, 15) is 25.0 Å². The first-order valence-electron chi connectivity index (χ1n) is 3.70. The molecule has 84 valence electrons. The Bertz CT molecular complexity index is 500. The summed E-state index contributed by atoms with van der Waals surface area (Å²) in [6.07, 6.45) is 0. The van der Waals surface area contributed by atoms with E-state index in [-0.39, 0.29) is 3.57 Å². The summed E-state index contributed by atoms with van der Waals surface area (Å²) in [5, 5.41) is 29.8. The molecular weight excluding hydrogens is 335 g/mol. The Hall–Kier alpha value is -1.78. The minimum atomic E-state index is -1.49. The number of benzene rings is 1. The van der Waals surface area contributed by atoms with E-state index in [0.29, 0.717) is 6.07 Å². The highest BCUT2D eigenvalue weighted by Gasteiger charge is 2.27. The van der Waals surface area contributed by atoms with Crippen LogP contribution in [0.5, 0.6) is 0 Å². The van der Waals surface area contributed by atoms with Gasteiger partial charge >= 0.3 is 5.97 Å². The van der Waals surface area contributed by atoms with Crippen molar-refractivity contribution in [3.63, 3.8) is 0 Å². The van der Waals surface area contributed by atoms with Crippen molar-refractivity contribution in [2.24, 2.45) is 0 Å². The van der Waals surface area contributed by atoms with E-state index >= 15 is 0 Å². The van der Waals surface area contributed by atoms with E-state index in [1.807, 2.05) is 0 Å². The van der Waals surface area contributed by atoms with Crippen LogP contribution in [0.2, 0.25) is 0 Å². The molecule has 0 saturated carbocycles. The zero-order valence-electron chi connectivity index (χ0n) is 7.42. The van der Waals surface area contributed by atoms with E-state index in [0.717, 1.165) is 6.07 Å². The molecule has 0 saturated heterocycles. The molecule has 0 bridgehead atoms. The number of nitro groups is 2. The summed E-state index contributed by atoms with van der Waals surface area (Å²) in [5.74, 6) is -1.49. The van der Waals surface area contributed by atoms with Crippen molar-refractivity contribution in [1.82, 2.24) is 0 Å². The molecule has 1 rings (SSSR count). The summed E-state index contributed by atoms with van der Waals surface area (Å²) in [7, 11) is 0. The molecule has 1 N–H and O–H groups in total. The zero-order valence-corrected chi connectivity index (χ0v) is 9.57. The van der Waals surface area contributed by atoms with Gasteiger partial charge in [0, 0.05) is 9.64 Å². The lowest BCUT2D eigenvalue weighted by Crippen LogP contribution is -2.06. The van der Waals surface area contributed by atoms with Crippen LogP contribution in [-0.2, 0) is 0 Å². The Labute approximate surface area is 101 Å². The van der Waals surface area contributed by atoms with Gasteiger partial charge in [0.1, 0.15) is 0 Å². The zero-order chi connectivity index (χ0) is 12.5. The molecule has 9 heteroatoms. The Morgan fingerprint density at radius 2 is 1.81 bits per heavy atom. The van der Waals surface area contributed by atoms with Crippen molar-refractivity contribution in [3.05, 3.63) is 41.5 Å². The number of aromatic carboxylic acids is 1. The van der Waals surface area contributed by atoms with E-state index in [4.69, 9.17) is 5.11 Å². The second-order valence-electron chi connectivity index (χ2n) is 2.64. The summed E-state index contributed by atoms with van der Waals surface area (Å²) in [5.41, 5.74) is -1.84. The maximum absolute atomic E-state index is 10.7. The molecule has 0 aliphatic carbocycles. The summed E-state index contributed by atoms with van der Waals surface area (Å²) in [6, 6.07) is 1.60. The van der Waals surface area contributed by atoms with Crippen molar-refractivity contribution >= 4 is 39.9 Å². The molecule has 0 spiro atoms. The predicted octanol–water partition coefficient (Wildman–Crippen LogP) is 1.81. The van der Waals surface area contributed by atoms with Gasteiger partial charge in [-0.2, -0.15) is 0 Å². The molecule has 0 heterocycles. The first-order valence-corrected chi connectivity index (χ1v) is 4.78. The van der Waals surface area contributed by atoms with Crippen molar-refractivity contribution in [2.45, 2.75) is 0 Å². The van der Waals surface area contributed by atoms with Crippen LogP contribution in [0.1, 0.15) is 10.4 Å². The van der Waals surface area contributed by atoms with Crippen LogP contribution in [-0.4, -0.2) is 20.9 Å². The number of nitrogens with zero attached hydrogens (tertiary/aromatic N) is 2. The topological polar surface area (TPSA) is 124 Å². The van der Waals surface area contributed by atoms with Crippen LogP contribution < -0.4 is 0 Å². The first kappa shape index (κ1) is 12.3. The van der Waals surface area contributed by atoms with Gasteiger partial charge < -0.3 is 5.11 Å². The minimum Gasteiger partial charge on any atom is -0.477 e. The molecule has 0 fully saturated rings.